The SMILES string of the molecule is CCC(C)(C)C1CCC(C#N)C(N2CC(C)OC(C)C2)C1. The first-order valence-corrected chi connectivity index (χ1v) is 8.66. The summed E-state index contributed by atoms with van der Waals surface area (Å²) in [4.78, 5) is 2.55. The Balaban J connectivity index is 2.12. The Bertz CT molecular complexity index is 377. The largest absolute Gasteiger partial charge is 0.373 e. The smallest absolute Gasteiger partial charge is 0.0678 e. The molecular weight excluding hydrogens is 260 g/mol. The quantitative estimate of drug-likeness (QED) is 0.793. The summed E-state index contributed by atoms with van der Waals surface area (Å²) in [5.74, 6) is 0.942. The van der Waals surface area contributed by atoms with Crippen LogP contribution >= 0.6 is 0 Å². The van der Waals surface area contributed by atoms with Crippen molar-refractivity contribution in [1.82, 2.24) is 4.90 Å². The molecule has 21 heavy (non-hydrogen) atoms. The summed E-state index contributed by atoms with van der Waals surface area (Å²) in [6.07, 6.45) is 5.25. The van der Waals surface area contributed by atoms with Crippen LogP contribution in [0.5, 0.6) is 0 Å². The third-order valence-corrected chi connectivity index (χ3v) is 5.92. The zero-order valence-corrected chi connectivity index (χ0v) is 14.4. The highest BCUT2D eigenvalue weighted by Crippen LogP contribution is 2.43. The summed E-state index contributed by atoms with van der Waals surface area (Å²) in [5.41, 5.74) is 0.391. The monoisotopic (exact) mass is 292 g/mol. The molecule has 120 valence electrons. The molecule has 2 aliphatic rings. The van der Waals surface area contributed by atoms with Gasteiger partial charge in [0.1, 0.15) is 0 Å². The van der Waals surface area contributed by atoms with Crippen molar-refractivity contribution in [1.29, 1.82) is 5.26 Å². The van der Waals surface area contributed by atoms with Crippen LogP contribution in [0.2, 0.25) is 0 Å². The van der Waals surface area contributed by atoms with Crippen LogP contribution in [0.3, 0.4) is 0 Å². The first-order chi connectivity index (χ1) is 9.87. The van der Waals surface area contributed by atoms with Gasteiger partial charge in [0, 0.05) is 19.1 Å². The number of nitriles is 1. The molecule has 3 heteroatoms. The minimum absolute atomic E-state index is 0.200. The molecule has 0 radical (unpaired) electrons. The number of nitrogens with zero attached hydrogens (tertiary/aromatic N) is 2. The van der Waals surface area contributed by atoms with Crippen molar-refractivity contribution in [2.45, 2.75) is 78.6 Å². The molecule has 2 rings (SSSR count). The highest BCUT2D eigenvalue weighted by Gasteiger charge is 2.41. The summed E-state index contributed by atoms with van der Waals surface area (Å²) < 4.78 is 5.87. The van der Waals surface area contributed by atoms with E-state index < -0.39 is 0 Å². The van der Waals surface area contributed by atoms with Crippen LogP contribution in [0.4, 0.5) is 0 Å². The van der Waals surface area contributed by atoms with E-state index in [1.165, 1.54) is 19.3 Å². The second kappa shape index (κ2) is 6.67. The lowest BCUT2D eigenvalue weighted by atomic mass is 9.66. The molecule has 1 saturated carbocycles. The van der Waals surface area contributed by atoms with Crippen molar-refractivity contribution in [3.05, 3.63) is 0 Å². The summed E-state index contributed by atoms with van der Waals surface area (Å²) in [6.45, 7) is 13.3. The third kappa shape index (κ3) is 3.79. The fraction of sp³-hybridized carbons (Fsp3) is 0.944. The molecule has 5 unspecified atom stereocenters. The number of ether oxygens (including phenoxy) is 1. The van der Waals surface area contributed by atoms with E-state index in [1.807, 2.05) is 0 Å². The Morgan fingerprint density at radius 2 is 1.81 bits per heavy atom. The van der Waals surface area contributed by atoms with Gasteiger partial charge in [-0.1, -0.05) is 27.2 Å². The molecule has 0 spiro atoms. The van der Waals surface area contributed by atoms with E-state index in [-0.39, 0.29) is 18.1 Å². The van der Waals surface area contributed by atoms with E-state index in [0.717, 1.165) is 25.4 Å². The topological polar surface area (TPSA) is 36.3 Å². The summed E-state index contributed by atoms with van der Waals surface area (Å²) in [7, 11) is 0. The van der Waals surface area contributed by atoms with Crippen LogP contribution in [0.1, 0.15) is 60.3 Å². The first-order valence-electron chi connectivity index (χ1n) is 8.66. The molecule has 5 atom stereocenters. The molecule has 2 fully saturated rings. The lowest BCUT2D eigenvalue weighted by molar-refractivity contribution is -0.0943. The average molecular weight is 292 g/mol. The van der Waals surface area contributed by atoms with Gasteiger partial charge in [-0.25, -0.2) is 0 Å². The molecule has 1 aliphatic carbocycles. The van der Waals surface area contributed by atoms with E-state index in [9.17, 15) is 5.26 Å². The second-order valence-corrected chi connectivity index (χ2v) is 7.87. The molecule has 0 aromatic heterocycles. The molecule has 0 aromatic carbocycles. The fourth-order valence-electron chi connectivity index (χ4n) is 4.19. The minimum Gasteiger partial charge on any atom is -0.373 e. The van der Waals surface area contributed by atoms with Gasteiger partial charge in [-0.05, 0) is 44.4 Å². The van der Waals surface area contributed by atoms with Crippen molar-refractivity contribution < 1.29 is 4.74 Å². The predicted molar refractivity (Wildman–Crippen MR) is 85.9 cm³/mol. The molecule has 0 bridgehead atoms. The van der Waals surface area contributed by atoms with Crippen LogP contribution in [0, 0.1) is 28.6 Å². The highest BCUT2D eigenvalue weighted by atomic mass is 16.5. The minimum atomic E-state index is 0.200. The fourth-order valence-corrected chi connectivity index (χ4v) is 4.19. The lowest BCUT2D eigenvalue weighted by Crippen LogP contribution is -2.54. The number of rotatable bonds is 3. The summed E-state index contributed by atoms with van der Waals surface area (Å²) in [6, 6.07) is 3.01. The second-order valence-electron chi connectivity index (χ2n) is 7.87. The van der Waals surface area contributed by atoms with E-state index in [0.29, 0.717) is 11.5 Å². The average Bonchev–Trinajstić information content (AvgIpc) is 2.45. The van der Waals surface area contributed by atoms with Gasteiger partial charge in [0.05, 0.1) is 24.2 Å². The van der Waals surface area contributed by atoms with Gasteiger partial charge in [-0.3, -0.25) is 4.90 Å². The van der Waals surface area contributed by atoms with Gasteiger partial charge in [0.15, 0.2) is 0 Å². The third-order valence-electron chi connectivity index (χ3n) is 5.92. The maximum absolute atomic E-state index is 9.56. The standard InChI is InChI=1S/C18H32N2O/c1-6-18(4,5)16-8-7-15(10-19)17(9-16)20-11-13(2)21-14(3)12-20/h13-17H,6-9,11-12H2,1-5H3. The van der Waals surface area contributed by atoms with Crippen LogP contribution < -0.4 is 0 Å². The zero-order chi connectivity index (χ0) is 15.6. The van der Waals surface area contributed by atoms with Crippen LogP contribution in [0.25, 0.3) is 0 Å². The maximum atomic E-state index is 9.56. The first kappa shape index (κ1) is 16.8. The Hall–Kier alpha value is -0.590. The molecule has 1 saturated heterocycles. The number of hydrogen-bond donors (Lipinski definition) is 0. The molecule has 1 heterocycles. The van der Waals surface area contributed by atoms with Crippen molar-refractivity contribution in [3.8, 4) is 6.07 Å². The molecule has 3 nitrogen and oxygen atoms in total. The molecular formula is C18H32N2O. The Morgan fingerprint density at radius 3 is 2.33 bits per heavy atom. The van der Waals surface area contributed by atoms with E-state index in [4.69, 9.17) is 4.74 Å². The summed E-state index contributed by atoms with van der Waals surface area (Å²) in [5, 5.41) is 9.56. The number of hydrogen-bond acceptors (Lipinski definition) is 3. The normalized spacial score (nSPS) is 39.0. The van der Waals surface area contributed by atoms with Gasteiger partial charge in [-0.15, -0.1) is 0 Å². The van der Waals surface area contributed by atoms with Gasteiger partial charge >= 0.3 is 0 Å². The van der Waals surface area contributed by atoms with Crippen molar-refractivity contribution in [3.63, 3.8) is 0 Å². The van der Waals surface area contributed by atoms with Crippen LogP contribution in [-0.4, -0.2) is 36.2 Å². The lowest BCUT2D eigenvalue weighted by Gasteiger charge is -2.48. The van der Waals surface area contributed by atoms with Gasteiger partial charge in [-0.2, -0.15) is 5.26 Å². The van der Waals surface area contributed by atoms with Gasteiger partial charge in [0.2, 0.25) is 0 Å². The molecule has 0 amide bonds. The van der Waals surface area contributed by atoms with E-state index in [2.05, 4.69) is 45.6 Å². The molecule has 0 N–H and O–H groups in total. The highest BCUT2D eigenvalue weighted by molar-refractivity contribution is 5.00. The van der Waals surface area contributed by atoms with Gasteiger partial charge < -0.3 is 4.74 Å². The van der Waals surface area contributed by atoms with Crippen LogP contribution in [-0.2, 0) is 4.74 Å². The Morgan fingerprint density at radius 1 is 1.19 bits per heavy atom. The molecule has 0 aromatic rings. The Kier molecular flexibility index (Phi) is 5.33. The maximum Gasteiger partial charge on any atom is 0.0678 e. The predicted octanol–water partition coefficient (Wildman–Crippen LogP) is 3.84. The van der Waals surface area contributed by atoms with Crippen LogP contribution in [0.15, 0.2) is 0 Å². The van der Waals surface area contributed by atoms with Crippen molar-refractivity contribution in [2.75, 3.05) is 13.1 Å². The van der Waals surface area contributed by atoms with E-state index in [1.54, 1.807) is 0 Å². The zero-order valence-electron chi connectivity index (χ0n) is 14.4. The van der Waals surface area contributed by atoms with E-state index >= 15 is 0 Å². The van der Waals surface area contributed by atoms with Crippen molar-refractivity contribution in [2.24, 2.45) is 17.3 Å². The molecule has 1 aliphatic heterocycles. The van der Waals surface area contributed by atoms with Gasteiger partial charge in [0.25, 0.3) is 0 Å². The number of morpholine rings is 1. The summed E-state index contributed by atoms with van der Waals surface area (Å²) >= 11 is 0. The Labute approximate surface area is 130 Å². The van der Waals surface area contributed by atoms with Crippen molar-refractivity contribution >= 4 is 0 Å².